The second-order valence-electron chi connectivity index (χ2n) is 9.14. The summed E-state index contributed by atoms with van der Waals surface area (Å²) >= 11 is -3.51. The SMILES string of the molecule is C[SiH](C)[Zr]([CH3])([CH3])([CH3])([c]1ccc[pH]1)[CH]1C=Cc2ccccc21.Cl.Cl. The number of halogens is 2. The van der Waals surface area contributed by atoms with Crippen LogP contribution in [0.4, 0.5) is 0 Å². The summed E-state index contributed by atoms with van der Waals surface area (Å²) in [5.41, 5.74) is 3.05. The van der Waals surface area contributed by atoms with E-state index in [1.807, 2.05) is 3.00 Å². The number of fused-ring (bicyclic) bond motifs is 1. The first-order chi connectivity index (χ1) is 9.70. The number of benzene rings is 1. The molecule has 3 rings (SSSR count). The minimum absolute atomic E-state index is 0. The van der Waals surface area contributed by atoms with Crippen LogP contribution < -0.4 is 3.00 Å². The Hall–Kier alpha value is 0.420. The summed E-state index contributed by atoms with van der Waals surface area (Å²) in [6.45, 7) is 5.21. The molecule has 0 saturated heterocycles. The molecule has 128 valence electrons. The van der Waals surface area contributed by atoms with Gasteiger partial charge in [-0.2, -0.15) is 0 Å². The van der Waals surface area contributed by atoms with E-state index in [1.165, 1.54) is 5.56 Å². The smallest absolute Gasteiger partial charge is 0.147 e. The normalized spacial score (nSPS) is 19.7. The molecule has 2 aromatic rings. The first-order valence-corrected chi connectivity index (χ1v) is 26.3. The summed E-state index contributed by atoms with van der Waals surface area (Å²) in [5, 5.41) is 0. The van der Waals surface area contributed by atoms with E-state index in [2.05, 4.69) is 81.3 Å². The van der Waals surface area contributed by atoms with Gasteiger partial charge in [-0.1, -0.05) is 0 Å². The predicted octanol–water partition coefficient (Wildman–Crippen LogP) is 6.31. The third-order valence-corrected chi connectivity index (χ3v) is 73.7. The molecule has 1 aliphatic rings. The first kappa shape index (κ1) is 21.5. The van der Waals surface area contributed by atoms with E-state index in [9.17, 15) is 0 Å². The zero-order valence-corrected chi connectivity index (χ0v) is 20.9. The molecular formula is C18H29Cl2PSiZr. The fraction of sp³-hybridized carbons (Fsp3) is 0.333. The van der Waals surface area contributed by atoms with E-state index < -0.39 is 22.4 Å². The molecule has 5 heteroatoms. The van der Waals surface area contributed by atoms with Gasteiger partial charge in [-0.25, -0.2) is 0 Å². The average Bonchev–Trinajstić information content (AvgIpc) is 3.09. The van der Waals surface area contributed by atoms with Crippen molar-refractivity contribution in [3.05, 3.63) is 59.4 Å². The van der Waals surface area contributed by atoms with Gasteiger partial charge in [-0.3, -0.25) is 0 Å². The summed E-state index contributed by atoms with van der Waals surface area (Å²) in [5.74, 6) is 1.54. The predicted molar refractivity (Wildman–Crippen MR) is 115 cm³/mol. The topological polar surface area (TPSA) is 0 Å². The van der Waals surface area contributed by atoms with E-state index in [1.54, 1.807) is 5.56 Å². The molecule has 1 heterocycles. The van der Waals surface area contributed by atoms with Gasteiger partial charge in [0.1, 0.15) is 0 Å². The van der Waals surface area contributed by atoms with Gasteiger partial charge < -0.3 is 0 Å². The molecular weight excluding hydrogens is 437 g/mol. The maximum atomic E-state index is 2.75. The van der Waals surface area contributed by atoms with Crippen molar-refractivity contribution in [2.45, 2.75) is 30.6 Å². The molecule has 0 fully saturated rings. The summed E-state index contributed by atoms with van der Waals surface area (Å²) in [4.78, 5) is 0. The molecule has 23 heavy (non-hydrogen) atoms. The number of hydrogen-bond acceptors (Lipinski definition) is 0. The van der Waals surface area contributed by atoms with Gasteiger partial charge in [0, 0.05) is 0 Å². The zero-order valence-electron chi connectivity index (χ0n) is 14.7. The van der Waals surface area contributed by atoms with Crippen LogP contribution in [-0.2, 0) is 16.5 Å². The Bertz CT molecular complexity index is 726. The van der Waals surface area contributed by atoms with Crippen molar-refractivity contribution in [2.24, 2.45) is 0 Å². The average molecular weight is 467 g/mol. The van der Waals surface area contributed by atoms with E-state index >= 15 is 0 Å². The van der Waals surface area contributed by atoms with Crippen molar-refractivity contribution in [3.63, 3.8) is 0 Å². The third-order valence-electron chi connectivity index (χ3n) is 7.14. The van der Waals surface area contributed by atoms with Gasteiger partial charge in [0.05, 0.1) is 0 Å². The number of rotatable bonds is 3. The molecule has 0 spiro atoms. The summed E-state index contributed by atoms with van der Waals surface area (Å²) in [6.07, 6.45) is 4.94. The van der Waals surface area contributed by atoms with E-state index in [0.717, 1.165) is 8.19 Å². The fourth-order valence-corrected chi connectivity index (χ4v) is 40.0. The third kappa shape index (κ3) is 2.84. The molecule has 1 aromatic carbocycles. The maximum Gasteiger partial charge on any atom is -0.147 e. The molecule has 1 aromatic heterocycles. The Morgan fingerprint density at radius 2 is 1.61 bits per heavy atom. The summed E-state index contributed by atoms with van der Waals surface area (Å²) in [6, 6.07) is 13.9. The van der Waals surface area contributed by atoms with Crippen LogP contribution in [0.2, 0.25) is 27.0 Å². The Morgan fingerprint density at radius 3 is 2.17 bits per heavy atom. The van der Waals surface area contributed by atoms with Gasteiger partial charge in [0.25, 0.3) is 0 Å². The van der Waals surface area contributed by atoms with Crippen LogP contribution in [-0.4, -0.2) is 5.92 Å². The van der Waals surface area contributed by atoms with Crippen molar-refractivity contribution in [1.29, 1.82) is 0 Å². The number of allylic oxidation sites excluding steroid dienone is 1. The van der Waals surface area contributed by atoms with E-state index in [-0.39, 0.29) is 24.8 Å². The van der Waals surface area contributed by atoms with Crippen LogP contribution in [0, 0.1) is 0 Å². The second-order valence-corrected chi connectivity index (χ2v) is 60.9. The largest absolute Gasteiger partial charge is 0.147 e. The molecule has 0 aliphatic heterocycles. The molecule has 1 aliphatic carbocycles. The standard InChI is InChI=1S/C9H7.C4H4P.C2H7Si.3CH3.2ClH.Zr/c1-2-5-9-7-3-6-8(9)4-1;1-2-4-5-3-1;1-3-2;;;;;;/h1-7H;1-3,5H;3H,1-2H3;3*1H3;2*1H;. The van der Waals surface area contributed by atoms with Gasteiger partial charge in [0.15, 0.2) is 0 Å². The van der Waals surface area contributed by atoms with E-state index in [0.29, 0.717) is 3.63 Å². The summed E-state index contributed by atoms with van der Waals surface area (Å²) < 4.78 is 10.8. The van der Waals surface area contributed by atoms with Crippen molar-refractivity contribution in [1.82, 2.24) is 0 Å². The molecule has 0 nitrogen and oxygen atoms in total. The molecule has 0 amide bonds. The van der Waals surface area contributed by atoms with Crippen molar-refractivity contribution >= 4 is 48.0 Å². The summed E-state index contributed by atoms with van der Waals surface area (Å²) in [7, 11) is 0.921. The Kier molecular flexibility index (Phi) is 5.88. The van der Waals surface area contributed by atoms with Crippen LogP contribution >= 0.6 is 33.0 Å². The van der Waals surface area contributed by atoms with Gasteiger partial charge in [-0.05, 0) is 0 Å². The van der Waals surface area contributed by atoms with Crippen LogP contribution in [0.5, 0.6) is 0 Å². The Morgan fingerprint density at radius 1 is 0.957 bits per heavy atom. The van der Waals surface area contributed by atoms with Gasteiger partial charge in [0.2, 0.25) is 0 Å². The van der Waals surface area contributed by atoms with Crippen LogP contribution in [0.1, 0.15) is 14.8 Å². The minimum Gasteiger partial charge on any atom is -0.147 e. The second kappa shape index (κ2) is 6.30. The van der Waals surface area contributed by atoms with Gasteiger partial charge >= 0.3 is 130 Å². The molecule has 0 radical (unpaired) electrons. The quantitative estimate of drug-likeness (QED) is 0.465. The van der Waals surface area contributed by atoms with Crippen LogP contribution in [0.15, 0.2) is 48.3 Å². The van der Waals surface area contributed by atoms with Crippen molar-refractivity contribution < 1.29 is 16.5 Å². The Labute approximate surface area is 153 Å². The monoisotopic (exact) mass is 464 g/mol. The van der Waals surface area contributed by atoms with Crippen LogP contribution in [0.25, 0.3) is 6.08 Å². The van der Waals surface area contributed by atoms with E-state index in [4.69, 9.17) is 0 Å². The zero-order chi connectivity index (χ0) is 15.4. The minimum atomic E-state index is -3.51. The van der Waals surface area contributed by atoms with Gasteiger partial charge in [-0.15, -0.1) is 24.8 Å². The molecule has 2 atom stereocenters. The number of hydrogen-bond donors (Lipinski definition) is 0. The molecule has 0 N–H and O–H groups in total. The first-order valence-electron chi connectivity index (χ1n) is 8.05. The Balaban J connectivity index is 0.00000132. The molecule has 0 bridgehead atoms. The van der Waals surface area contributed by atoms with Crippen molar-refractivity contribution in [2.75, 3.05) is 0 Å². The molecule has 0 saturated carbocycles. The van der Waals surface area contributed by atoms with Crippen LogP contribution in [0.3, 0.4) is 0 Å². The van der Waals surface area contributed by atoms with Crippen molar-refractivity contribution in [3.8, 4) is 0 Å². The fourth-order valence-electron chi connectivity index (χ4n) is 4.09. The maximum absolute atomic E-state index is 3.51. The molecule has 2 unspecified atom stereocenters.